The molecule has 0 aliphatic carbocycles. The number of nitrogens with zero attached hydrogens (tertiary/aromatic N) is 1. The van der Waals surface area contributed by atoms with E-state index in [1.165, 1.54) is 18.2 Å². The van der Waals surface area contributed by atoms with Gasteiger partial charge in [0.15, 0.2) is 11.5 Å². The lowest BCUT2D eigenvalue weighted by Crippen LogP contribution is -2.34. The van der Waals surface area contributed by atoms with Gasteiger partial charge in [-0.1, -0.05) is 0 Å². The Bertz CT molecular complexity index is 999. The number of rotatable bonds is 6. The van der Waals surface area contributed by atoms with E-state index in [0.717, 1.165) is 18.8 Å². The van der Waals surface area contributed by atoms with Crippen LogP contribution in [0.5, 0.6) is 11.5 Å². The van der Waals surface area contributed by atoms with Crippen molar-refractivity contribution in [3.05, 3.63) is 42.5 Å². The van der Waals surface area contributed by atoms with E-state index in [1.807, 2.05) is 16.9 Å². The summed E-state index contributed by atoms with van der Waals surface area (Å²) in [7, 11) is -4.07. The van der Waals surface area contributed by atoms with Crippen molar-refractivity contribution in [3.8, 4) is 11.5 Å². The number of anilines is 2. The Labute approximate surface area is 170 Å². The number of ether oxygens (including phenoxy) is 2. The van der Waals surface area contributed by atoms with E-state index >= 15 is 0 Å². The highest BCUT2D eigenvalue weighted by Gasteiger charge is 2.33. The standard InChI is InChI=1S/C20H25N3O5S/c1-5-23(6-2)15-9-7-14(8-10-15)21-19(24)22-29(25,26)16-11-12-17-18(13-16)28-20(3,4)27-17/h7-13H,5-6H2,1-4H3,(H2,21,22,24). The third-order valence-electron chi connectivity index (χ3n) is 4.42. The smallest absolute Gasteiger partial charge is 0.333 e. The van der Waals surface area contributed by atoms with Gasteiger partial charge in [0.2, 0.25) is 5.79 Å². The van der Waals surface area contributed by atoms with Crippen LogP contribution in [0.3, 0.4) is 0 Å². The zero-order valence-electron chi connectivity index (χ0n) is 16.9. The minimum absolute atomic E-state index is 0.0930. The highest BCUT2D eigenvalue weighted by atomic mass is 32.2. The minimum Gasteiger partial charge on any atom is -0.449 e. The third kappa shape index (κ3) is 4.73. The summed E-state index contributed by atoms with van der Waals surface area (Å²) >= 11 is 0. The van der Waals surface area contributed by atoms with Crippen molar-refractivity contribution < 1.29 is 22.7 Å². The molecule has 0 atom stereocenters. The molecule has 29 heavy (non-hydrogen) atoms. The summed E-state index contributed by atoms with van der Waals surface area (Å²) in [4.78, 5) is 14.3. The molecule has 2 amide bonds. The van der Waals surface area contributed by atoms with Gasteiger partial charge >= 0.3 is 6.03 Å². The molecule has 0 spiro atoms. The van der Waals surface area contributed by atoms with Crippen molar-refractivity contribution in [1.82, 2.24) is 4.72 Å². The van der Waals surface area contributed by atoms with Crippen LogP contribution in [-0.4, -0.2) is 33.3 Å². The topological polar surface area (TPSA) is 97.0 Å². The maximum Gasteiger partial charge on any atom is 0.333 e. The van der Waals surface area contributed by atoms with E-state index in [4.69, 9.17) is 9.47 Å². The number of carbonyl (C=O) groups is 1. The van der Waals surface area contributed by atoms with Crippen molar-refractivity contribution >= 4 is 27.4 Å². The Morgan fingerprint density at radius 3 is 2.24 bits per heavy atom. The van der Waals surface area contributed by atoms with Crippen LogP contribution in [0.2, 0.25) is 0 Å². The highest BCUT2D eigenvalue weighted by Crippen LogP contribution is 2.40. The van der Waals surface area contributed by atoms with Crippen LogP contribution < -0.4 is 24.4 Å². The zero-order valence-corrected chi connectivity index (χ0v) is 17.7. The van der Waals surface area contributed by atoms with Gasteiger partial charge in [0.1, 0.15) is 0 Å². The molecule has 0 saturated carbocycles. The number of hydrogen-bond donors (Lipinski definition) is 2. The molecule has 156 valence electrons. The first-order valence-corrected chi connectivity index (χ1v) is 10.8. The van der Waals surface area contributed by atoms with Crippen LogP contribution in [-0.2, 0) is 10.0 Å². The van der Waals surface area contributed by atoms with Gasteiger partial charge in [0.05, 0.1) is 4.90 Å². The van der Waals surface area contributed by atoms with Gasteiger partial charge in [0.25, 0.3) is 10.0 Å². The first-order chi connectivity index (χ1) is 13.6. The summed E-state index contributed by atoms with van der Waals surface area (Å²) in [6, 6.07) is 10.5. The van der Waals surface area contributed by atoms with E-state index in [-0.39, 0.29) is 4.90 Å². The number of carbonyl (C=O) groups excluding carboxylic acids is 1. The lowest BCUT2D eigenvalue weighted by atomic mass is 10.2. The second-order valence-corrected chi connectivity index (χ2v) is 8.67. The van der Waals surface area contributed by atoms with Crippen LogP contribution in [0, 0.1) is 0 Å². The fourth-order valence-electron chi connectivity index (χ4n) is 3.05. The summed E-state index contributed by atoms with van der Waals surface area (Å²) in [5.41, 5.74) is 1.51. The Morgan fingerprint density at radius 2 is 1.62 bits per heavy atom. The summed E-state index contributed by atoms with van der Waals surface area (Å²) < 4.78 is 38.2. The molecule has 1 heterocycles. The van der Waals surface area contributed by atoms with Crippen molar-refractivity contribution in [1.29, 1.82) is 0 Å². The molecule has 2 aromatic carbocycles. The summed E-state index contributed by atoms with van der Waals surface area (Å²) in [5, 5.41) is 2.53. The van der Waals surface area contributed by atoms with Crippen LogP contribution in [0.15, 0.2) is 47.4 Å². The summed E-state index contributed by atoms with van der Waals surface area (Å²) in [5.74, 6) is -0.107. The van der Waals surface area contributed by atoms with Crippen molar-refractivity contribution in [3.63, 3.8) is 0 Å². The summed E-state index contributed by atoms with van der Waals surface area (Å²) in [6.45, 7) is 9.30. The molecule has 1 aliphatic rings. The fraction of sp³-hybridized carbons (Fsp3) is 0.350. The predicted molar refractivity (Wildman–Crippen MR) is 111 cm³/mol. The molecule has 0 fully saturated rings. The van der Waals surface area contributed by atoms with Gasteiger partial charge in [-0.3, -0.25) is 0 Å². The Morgan fingerprint density at radius 1 is 1.00 bits per heavy atom. The summed E-state index contributed by atoms with van der Waals surface area (Å²) in [6.07, 6.45) is 0. The lowest BCUT2D eigenvalue weighted by Gasteiger charge is -2.21. The molecule has 0 unspecified atom stereocenters. The van der Waals surface area contributed by atoms with Gasteiger partial charge in [-0.2, -0.15) is 0 Å². The normalized spacial score (nSPS) is 14.3. The first kappa shape index (κ1) is 20.8. The molecular formula is C20H25N3O5S. The molecule has 8 nitrogen and oxygen atoms in total. The van der Waals surface area contributed by atoms with Crippen molar-refractivity contribution in [2.75, 3.05) is 23.3 Å². The Hall–Kier alpha value is -2.94. The van der Waals surface area contributed by atoms with Crippen LogP contribution in [0.25, 0.3) is 0 Å². The first-order valence-electron chi connectivity index (χ1n) is 9.34. The van der Waals surface area contributed by atoms with Crippen LogP contribution >= 0.6 is 0 Å². The number of nitrogens with one attached hydrogen (secondary N) is 2. The Balaban J connectivity index is 1.67. The SMILES string of the molecule is CCN(CC)c1ccc(NC(=O)NS(=O)(=O)c2ccc3c(c2)OC(C)(C)O3)cc1. The van der Waals surface area contributed by atoms with Gasteiger partial charge < -0.3 is 19.7 Å². The largest absolute Gasteiger partial charge is 0.449 e. The average molecular weight is 420 g/mol. The lowest BCUT2D eigenvalue weighted by molar-refractivity contribution is -0.0432. The molecule has 0 saturated heterocycles. The molecule has 0 bridgehead atoms. The number of amides is 2. The van der Waals surface area contributed by atoms with Crippen LogP contribution in [0.4, 0.5) is 16.2 Å². The number of hydrogen-bond acceptors (Lipinski definition) is 6. The average Bonchev–Trinajstić information content (AvgIpc) is 2.96. The third-order valence-corrected chi connectivity index (χ3v) is 5.75. The predicted octanol–water partition coefficient (Wildman–Crippen LogP) is 3.55. The highest BCUT2D eigenvalue weighted by molar-refractivity contribution is 7.90. The molecule has 1 aliphatic heterocycles. The molecule has 9 heteroatoms. The quantitative estimate of drug-likeness (QED) is 0.743. The number of sulfonamides is 1. The van der Waals surface area contributed by atoms with Crippen molar-refractivity contribution in [2.24, 2.45) is 0 Å². The molecule has 0 radical (unpaired) electrons. The van der Waals surface area contributed by atoms with E-state index < -0.39 is 21.8 Å². The zero-order chi connectivity index (χ0) is 21.2. The fourth-order valence-corrected chi connectivity index (χ4v) is 3.97. The number of fused-ring (bicyclic) bond motifs is 1. The van der Waals surface area contributed by atoms with Gasteiger partial charge in [-0.05, 0) is 50.2 Å². The molecule has 2 N–H and O–H groups in total. The number of benzene rings is 2. The van der Waals surface area contributed by atoms with Gasteiger partial charge in [-0.15, -0.1) is 0 Å². The van der Waals surface area contributed by atoms with E-state index in [1.54, 1.807) is 26.0 Å². The maximum atomic E-state index is 12.5. The van der Waals surface area contributed by atoms with E-state index in [9.17, 15) is 13.2 Å². The second-order valence-electron chi connectivity index (χ2n) is 6.99. The number of urea groups is 1. The Kier molecular flexibility index (Phi) is 5.61. The minimum atomic E-state index is -4.07. The second kappa shape index (κ2) is 7.82. The monoisotopic (exact) mass is 419 g/mol. The van der Waals surface area contributed by atoms with Gasteiger partial charge in [0, 0.05) is 44.4 Å². The molecule has 2 aromatic rings. The maximum absolute atomic E-state index is 12.5. The van der Waals surface area contributed by atoms with Crippen molar-refractivity contribution in [2.45, 2.75) is 38.4 Å². The van der Waals surface area contributed by atoms with E-state index in [0.29, 0.717) is 17.2 Å². The van der Waals surface area contributed by atoms with E-state index in [2.05, 4.69) is 24.1 Å². The molecule has 3 rings (SSSR count). The molecule has 0 aromatic heterocycles. The molecular weight excluding hydrogens is 394 g/mol. The van der Waals surface area contributed by atoms with Crippen LogP contribution in [0.1, 0.15) is 27.7 Å². The van der Waals surface area contributed by atoms with Gasteiger partial charge in [-0.25, -0.2) is 17.9 Å².